The van der Waals surface area contributed by atoms with E-state index in [4.69, 9.17) is 20.0 Å². The monoisotopic (exact) mass is 515 g/mol. The Bertz CT molecular complexity index is 1620. The first-order chi connectivity index (χ1) is 16.8. The van der Waals surface area contributed by atoms with E-state index in [9.17, 15) is 28.2 Å². The van der Waals surface area contributed by atoms with Gasteiger partial charge in [-0.2, -0.15) is 8.42 Å². The normalized spacial score (nSPS) is 21.7. The molecule has 0 bridgehead atoms. The number of ether oxygens (including phenoxy) is 1. The lowest BCUT2D eigenvalue weighted by atomic mass is 9.83. The molecule has 5 N–H and O–H groups in total. The van der Waals surface area contributed by atoms with Crippen LogP contribution in [0.1, 0.15) is 53.6 Å². The molecule has 6 rings (SSSR count). The molecular formula is C24H25N3O8S. The van der Waals surface area contributed by atoms with E-state index in [1.165, 1.54) is 0 Å². The number of aliphatic hydroxyl groups is 1. The first kappa shape index (κ1) is 24.4. The Hall–Kier alpha value is -3.32. The molecule has 0 amide bonds. The van der Waals surface area contributed by atoms with Gasteiger partial charge in [-0.25, -0.2) is 9.78 Å². The highest BCUT2D eigenvalue weighted by molar-refractivity contribution is 7.85. The molecule has 4 heterocycles. The van der Waals surface area contributed by atoms with Gasteiger partial charge in [0, 0.05) is 28.6 Å². The van der Waals surface area contributed by atoms with Gasteiger partial charge in [-0.1, -0.05) is 6.92 Å². The van der Waals surface area contributed by atoms with Crippen molar-refractivity contribution in [3.05, 3.63) is 56.4 Å². The van der Waals surface area contributed by atoms with E-state index < -0.39 is 21.7 Å². The Morgan fingerprint density at radius 2 is 1.94 bits per heavy atom. The summed E-state index contributed by atoms with van der Waals surface area (Å²) in [5, 5.41) is 22.1. The molecule has 2 atom stereocenters. The van der Waals surface area contributed by atoms with Crippen LogP contribution in [0.2, 0.25) is 0 Å². The van der Waals surface area contributed by atoms with Crippen molar-refractivity contribution in [3.8, 4) is 17.1 Å². The lowest BCUT2D eigenvalue weighted by Gasteiger charge is -2.31. The molecule has 0 fully saturated rings. The second kappa shape index (κ2) is 8.10. The molecule has 0 saturated heterocycles. The molecule has 0 spiro atoms. The molecule has 3 aromatic rings. The predicted octanol–water partition coefficient (Wildman–Crippen LogP) is 1.24. The maximum absolute atomic E-state index is 13.4. The number of fused-ring (bicyclic) bond motifs is 5. The highest BCUT2D eigenvalue weighted by atomic mass is 32.2. The molecule has 1 aromatic carbocycles. The van der Waals surface area contributed by atoms with Crippen molar-refractivity contribution in [2.24, 2.45) is 5.73 Å². The summed E-state index contributed by atoms with van der Waals surface area (Å²) in [6, 6.07) is 4.85. The molecule has 2 aliphatic heterocycles. The molecule has 1 aliphatic carbocycles. The second-order valence-corrected chi connectivity index (χ2v) is 10.8. The van der Waals surface area contributed by atoms with Crippen LogP contribution < -0.4 is 11.3 Å². The number of aromatic nitrogens is 2. The third kappa shape index (κ3) is 3.68. The number of hydrogen-bond donors (Lipinski definition) is 4. The van der Waals surface area contributed by atoms with Crippen molar-refractivity contribution in [2.75, 3.05) is 6.26 Å². The van der Waals surface area contributed by atoms with Crippen LogP contribution in [0.5, 0.6) is 5.75 Å². The number of hydrogen-bond acceptors (Lipinski definition) is 9. The molecule has 36 heavy (non-hydrogen) atoms. The van der Waals surface area contributed by atoms with Crippen LogP contribution in [-0.4, -0.2) is 45.0 Å². The van der Waals surface area contributed by atoms with E-state index in [1.54, 1.807) is 29.7 Å². The highest BCUT2D eigenvalue weighted by Crippen LogP contribution is 2.45. The number of carbonyl (C=O) groups excluding carboxylic acids is 1. The Kier molecular flexibility index (Phi) is 5.48. The van der Waals surface area contributed by atoms with Crippen LogP contribution in [0.15, 0.2) is 23.0 Å². The maximum atomic E-state index is 13.4. The van der Waals surface area contributed by atoms with Gasteiger partial charge in [0.25, 0.3) is 15.7 Å². The number of carbonyl (C=O) groups is 1. The zero-order valence-electron chi connectivity index (χ0n) is 19.6. The van der Waals surface area contributed by atoms with Gasteiger partial charge < -0.3 is 25.3 Å². The molecule has 11 nitrogen and oxygen atoms in total. The van der Waals surface area contributed by atoms with Crippen LogP contribution in [0.3, 0.4) is 0 Å². The first-order valence-electron chi connectivity index (χ1n) is 11.4. The van der Waals surface area contributed by atoms with Crippen LogP contribution in [0.4, 0.5) is 0 Å². The van der Waals surface area contributed by atoms with E-state index in [1.807, 2.05) is 0 Å². The van der Waals surface area contributed by atoms with Gasteiger partial charge in [-0.3, -0.25) is 9.35 Å². The summed E-state index contributed by atoms with van der Waals surface area (Å²) in [4.78, 5) is 30.5. The molecule has 0 radical (unpaired) electrons. The number of nitrogens with two attached hydrogens (primary N) is 1. The average Bonchev–Trinajstić information content (AvgIpc) is 3.16. The number of aromatic hydroxyl groups is 1. The predicted molar refractivity (Wildman–Crippen MR) is 129 cm³/mol. The summed E-state index contributed by atoms with van der Waals surface area (Å²) in [6.45, 7) is 1.83. The minimum Gasteiger partial charge on any atom is -0.508 e. The fraction of sp³-hybridized carbons (Fsp3) is 0.375. The maximum Gasteiger partial charge on any atom is 0.343 e. The number of cyclic esters (lactones) is 1. The van der Waals surface area contributed by atoms with Crippen molar-refractivity contribution in [3.63, 3.8) is 0 Å². The van der Waals surface area contributed by atoms with Gasteiger partial charge in [0.05, 0.1) is 35.3 Å². The number of rotatable bonds is 1. The number of pyridine rings is 2. The van der Waals surface area contributed by atoms with Crippen LogP contribution in [0.25, 0.3) is 22.3 Å². The van der Waals surface area contributed by atoms with Gasteiger partial charge in [-0.05, 0) is 42.5 Å². The number of benzene rings is 1. The molecule has 2 aromatic heterocycles. The van der Waals surface area contributed by atoms with Crippen molar-refractivity contribution >= 4 is 27.0 Å². The van der Waals surface area contributed by atoms with Gasteiger partial charge >= 0.3 is 5.97 Å². The Balaban J connectivity index is 0.000000489. The van der Waals surface area contributed by atoms with Crippen LogP contribution in [-0.2, 0) is 44.8 Å². The third-order valence-corrected chi connectivity index (χ3v) is 6.99. The number of aryl methyl sites for hydroxylation is 1. The summed E-state index contributed by atoms with van der Waals surface area (Å²) < 4.78 is 32.6. The van der Waals surface area contributed by atoms with Gasteiger partial charge in [-0.15, -0.1) is 0 Å². The zero-order valence-corrected chi connectivity index (χ0v) is 20.4. The molecular weight excluding hydrogens is 490 g/mol. The third-order valence-electron chi connectivity index (χ3n) is 6.99. The SMILES string of the molecule is CC[C@@]1(O)C(=O)OCc2c1cc1n(c2=O)Cc2c-1nc1cc(O)cc3c1c2[C@@H](N)CC3.CS(=O)(=O)O. The van der Waals surface area contributed by atoms with Crippen molar-refractivity contribution in [2.45, 2.75) is 51.0 Å². The van der Waals surface area contributed by atoms with Crippen molar-refractivity contribution in [1.29, 1.82) is 0 Å². The lowest BCUT2D eigenvalue weighted by molar-refractivity contribution is -0.172. The minimum absolute atomic E-state index is 0.0904. The molecule has 0 unspecified atom stereocenters. The second-order valence-electron chi connectivity index (χ2n) is 9.33. The first-order valence-corrected chi connectivity index (χ1v) is 13.2. The minimum atomic E-state index is -3.67. The largest absolute Gasteiger partial charge is 0.508 e. The highest BCUT2D eigenvalue weighted by Gasteiger charge is 2.45. The quantitative estimate of drug-likeness (QED) is 0.212. The molecule has 190 valence electrons. The Morgan fingerprint density at radius 1 is 1.25 bits per heavy atom. The smallest absolute Gasteiger partial charge is 0.343 e. The zero-order chi connectivity index (χ0) is 26.2. The van der Waals surface area contributed by atoms with E-state index in [2.05, 4.69) is 0 Å². The van der Waals surface area contributed by atoms with Crippen molar-refractivity contribution in [1.82, 2.24) is 9.55 Å². The molecule has 12 heteroatoms. The summed E-state index contributed by atoms with van der Waals surface area (Å²) in [5.74, 6) is -0.608. The van der Waals surface area contributed by atoms with E-state index in [-0.39, 0.29) is 35.9 Å². The van der Waals surface area contributed by atoms with Crippen LogP contribution >= 0.6 is 0 Å². The van der Waals surface area contributed by atoms with E-state index in [0.29, 0.717) is 35.3 Å². The van der Waals surface area contributed by atoms with E-state index in [0.717, 1.165) is 34.9 Å². The summed E-state index contributed by atoms with van der Waals surface area (Å²) in [6.07, 6.45) is 2.30. The van der Waals surface area contributed by atoms with Gasteiger partial charge in [0.1, 0.15) is 12.4 Å². The summed E-state index contributed by atoms with van der Waals surface area (Å²) >= 11 is 0. The number of nitrogens with zero attached hydrogens (tertiary/aromatic N) is 2. The number of esters is 1. The molecule has 0 saturated carbocycles. The number of phenolic OH excluding ortho intramolecular Hbond substituents is 1. The fourth-order valence-corrected chi connectivity index (χ4v) is 5.38. The Morgan fingerprint density at radius 3 is 2.61 bits per heavy atom. The van der Waals surface area contributed by atoms with E-state index >= 15 is 0 Å². The summed E-state index contributed by atoms with van der Waals surface area (Å²) in [7, 11) is -3.67. The standard InChI is InChI=1S/C23H21N3O5.CH4O3S/c1-2-23(30)14-7-17-20-12(8-26(17)21(28)13(14)9-31-22(23)29)19-15(24)4-3-10-5-11(27)6-16(25-20)18(10)19;1-5(2,3)4/h5-7,15,27,30H,2-4,8-9,24H2,1H3;1H3,(H,2,3,4)/t15-,23-;/m0./s1. The van der Waals surface area contributed by atoms with Crippen molar-refractivity contribution < 1.29 is 32.7 Å². The molecule has 3 aliphatic rings. The fourth-order valence-electron chi connectivity index (χ4n) is 5.38. The summed E-state index contributed by atoms with van der Waals surface area (Å²) in [5.41, 5.74) is 9.55. The van der Waals surface area contributed by atoms with Crippen LogP contribution in [0, 0.1) is 0 Å². The van der Waals surface area contributed by atoms with Gasteiger partial charge in [0.2, 0.25) is 0 Å². The topological polar surface area (TPSA) is 182 Å². The lowest BCUT2D eigenvalue weighted by Crippen LogP contribution is -2.44. The van der Waals surface area contributed by atoms with Gasteiger partial charge in [0.15, 0.2) is 5.60 Å². The average molecular weight is 516 g/mol. The Labute approximate surface area is 205 Å². The number of phenols is 1.